The molecule has 2 nitrogen and oxygen atoms in total. The van der Waals surface area contributed by atoms with E-state index in [0.29, 0.717) is 6.10 Å². The first-order chi connectivity index (χ1) is 5.68. The zero-order valence-electron chi connectivity index (χ0n) is 7.33. The largest absolute Gasteiger partial charge is 0.398 e. The lowest BCUT2D eigenvalue weighted by Crippen LogP contribution is -2.21. The fourth-order valence-corrected chi connectivity index (χ4v) is 2.70. The van der Waals surface area contributed by atoms with Gasteiger partial charge in [0, 0.05) is 22.4 Å². The number of fused-ring (bicyclic) bond motifs is 1. The summed E-state index contributed by atoms with van der Waals surface area (Å²) in [6.07, 6.45) is 1.50. The van der Waals surface area contributed by atoms with E-state index in [1.165, 1.54) is 10.4 Å². The summed E-state index contributed by atoms with van der Waals surface area (Å²) in [6.45, 7) is 4.18. The molecule has 0 fully saturated rings. The standard InChI is InChI=1S/C9H13NOS/c1-5-3-7-8(10)4-12-9(7)6(2)11-5/h4-6H,3,10H2,1-2H3. The van der Waals surface area contributed by atoms with Crippen molar-refractivity contribution in [3.8, 4) is 0 Å². The summed E-state index contributed by atoms with van der Waals surface area (Å²) in [6, 6.07) is 0. The Balaban J connectivity index is 2.43. The lowest BCUT2D eigenvalue weighted by molar-refractivity contribution is -0.00196. The molecule has 3 heteroatoms. The van der Waals surface area contributed by atoms with E-state index in [0.717, 1.165) is 12.1 Å². The molecular weight excluding hydrogens is 170 g/mol. The third-order valence-corrected chi connectivity index (χ3v) is 3.46. The minimum absolute atomic E-state index is 0.228. The van der Waals surface area contributed by atoms with Gasteiger partial charge >= 0.3 is 0 Å². The summed E-state index contributed by atoms with van der Waals surface area (Å²) < 4.78 is 5.68. The third-order valence-electron chi connectivity index (χ3n) is 2.26. The van der Waals surface area contributed by atoms with Crippen LogP contribution < -0.4 is 5.73 Å². The fraction of sp³-hybridized carbons (Fsp3) is 0.556. The molecule has 2 atom stereocenters. The SMILES string of the molecule is CC1Cc2c(N)csc2C(C)O1. The first-order valence-electron chi connectivity index (χ1n) is 4.19. The van der Waals surface area contributed by atoms with Gasteiger partial charge in [-0.3, -0.25) is 0 Å². The van der Waals surface area contributed by atoms with Crippen LogP contribution in [0.1, 0.15) is 30.4 Å². The number of nitrogens with two attached hydrogens (primary N) is 1. The van der Waals surface area contributed by atoms with Crippen molar-refractivity contribution >= 4 is 17.0 Å². The molecule has 12 heavy (non-hydrogen) atoms. The van der Waals surface area contributed by atoms with E-state index in [-0.39, 0.29) is 6.10 Å². The van der Waals surface area contributed by atoms with E-state index in [4.69, 9.17) is 10.5 Å². The summed E-state index contributed by atoms with van der Waals surface area (Å²) >= 11 is 1.71. The van der Waals surface area contributed by atoms with Crippen LogP contribution in [0, 0.1) is 0 Å². The van der Waals surface area contributed by atoms with Gasteiger partial charge in [0.2, 0.25) is 0 Å². The molecule has 2 rings (SSSR count). The molecule has 1 aliphatic heterocycles. The molecule has 1 aromatic rings. The molecule has 0 saturated carbocycles. The zero-order chi connectivity index (χ0) is 8.72. The lowest BCUT2D eigenvalue weighted by Gasteiger charge is -2.25. The predicted molar refractivity (Wildman–Crippen MR) is 51.4 cm³/mol. The molecule has 2 heterocycles. The summed E-state index contributed by atoms with van der Waals surface area (Å²) in [7, 11) is 0. The predicted octanol–water partition coefficient (Wildman–Crippen LogP) is 2.35. The van der Waals surface area contributed by atoms with Crippen LogP contribution >= 0.6 is 11.3 Å². The van der Waals surface area contributed by atoms with Crippen LogP contribution in [0.15, 0.2) is 5.38 Å². The number of thiophene rings is 1. The highest BCUT2D eigenvalue weighted by Gasteiger charge is 2.24. The number of hydrogen-bond acceptors (Lipinski definition) is 3. The molecule has 1 aliphatic rings. The Labute approximate surface area is 76.3 Å². The molecule has 1 aromatic heterocycles. The van der Waals surface area contributed by atoms with Crippen molar-refractivity contribution in [1.82, 2.24) is 0 Å². The second-order valence-electron chi connectivity index (χ2n) is 3.33. The maximum atomic E-state index is 5.84. The number of anilines is 1. The van der Waals surface area contributed by atoms with Gasteiger partial charge in [-0.25, -0.2) is 0 Å². The van der Waals surface area contributed by atoms with Crippen molar-refractivity contribution < 1.29 is 4.74 Å². The van der Waals surface area contributed by atoms with Crippen LogP contribution in [-0.4, -0.2) is 6.10 Å². The molecule has 2 unspecified atom stereocenters. The first-order valence-corrected chi connectivity index (χ1v) is 5.07. The Morgan fingerprint density at radius 2 is 2.33 bits per heavy atom. The van der Waals surface area contributed by atoms with E-state index >= 15 is 0 Å². The molecule has 0 aromatic carbocycles. The summed E-state index contributed by atoms with van der Waals surface area (Å²) in [5.41, 5.74) is 8.09. The second kappa shape index (κ2) is 2.75. The smallest absolute Gasteiger partial charge is 0.0896 e. The molecule has 0 spiro atoms. The molecule has 0 saturated heterocycles. The van der Waals surface area contributed by atoms with Gasteiger partial charge in [-0.1, -0.05) is 0 Å². The number of rotatable bonds is 0. The van der Waals surface area contributed by atoms with Gasteiger partial charge in [0.05, 0.1) is 12.2 Å². The third kappa shape index (κ3) is 1.13. The monoisotopic (exact) mass is 183 g/mol. The van der Waals surface area contributed by atoms with Crippen molar-refractivity contribution in [2.45, 2.75) is 32.5 Å². The molecule has 0 bridgehead atoms. The van der Waals surface area contributed by atoms with E-state index in [9.17, 15) is 0 Å². The number of nitrogen functional groups attached to an aromatic ring is 1. The topological polar surface area (TPSA) is 35.2 Å². The highest BCUT2D eigenvalue weighted by molar-refractivity contribution is 7.10. The van der Waals surface area contributed by atoms with Gasteiger partial charge in [-0.2, -0.15) is 0 Å². The maximum Gasteiger partial charge on any atom is 0.0896 e. The van der Waals surface area contributed by atoms with Crippen molar-refractivity contribution in [3.63, 3.8) is 0 Å². The average Bonchev–Trinajstić information content (AvgIpc) is 2.33. The molecule has 0 amide bonds. The zero-order valence-corrected chi connectivity index (χ0v) is 8.15. The van der Waals surface area contributed by atoms with Crippen LogP contribution in [0.2, 0.25) is 0 Å². The normalized spacial score (nSPS) is 28.5. The first kappa shape index (κ1) is 8.08. The summed E-state index contributed by atoms with van der Waals surface area (Å²) in [4.78, 5) is 1.31. The Morgan fingerprint density at radius 1 is 1.58 bits per heavy atom. The van der Waals surface area contributed by atoms with Crippen molar-refractivity contribution in [1.29, 1.82) is 0 Å². The van der Waals surface area contributed by atoms with Crippen LogP contribution in [-0.2, 0) is 11.2 Å². The van der Waals surface area contributed by atoms with Gasteiger partial charge in [-0.15, -0.1) is 11.3 Å². The van der Waals surface area contributed by atoms with Crippen LogP contribution in [0.4, 0.5) is 5.69 Å². The van der Waals surface area contributed by atoms with Gasteiger partial charge < -0.3 is 10.5 Å². The number of hydrogen-bond donors (Lipinski definition) is 1. The minimum Gasteiger partial charge on any atom is -0.398 e. The molecule has 66 valence electrons. The van der Waals surface area contributed by atoms with Gasteiger partial charge in [0.25, 0.3) is 0 Å². The van der Waals surface area contributed by atoms with Crippen molar-refractivity contribution in [3.05, 3.63) is 15.8 Å². The average molecular weight is 183 g/mol. The maximum absolute atomic E-state index is 5.84. The van der Waals surface area contributed by atoms with Crippen molar-refractivity contribution in [2.75, 3.05) is 5.73 Å². The summed E-state index contributed by atoms with van der Waals surface area (Å²) in [5, 5.41) is 2.02. The Hall–Kier alpha value is -0.540. The molecule has 0 aliphatic carbocycles. The van der Waals surface area contributed by atoms with Crippen LogP contribution in [0.25, 0.3) is 0 Å². The van der Waals surface area contributed by atoms with Crippen LogP contribution in [0.5, 0.6) is 0 Å². The highest BCUT2D eigenvalue weighted by atomic mass is 32.1. The molecule has 0 radical (unpaired) electrons. The van der Waals surface area contributed by atoms with E-state index in [1.807, 2.05) is 5.38 Å². The summed E-state index contributed by atoms with van der Waals surface area (Å²) in [5.74, 6) is 0. The minimum atomic E-state index is 0.228. The second-order valence-corrected chi connectivity index (χ2v) is 4.24. The Morgan fingerprint density at radius 3 is 3.08 bits per heavy atom. The van der Waals surface area contributed by atoms with Crippen molar-refractivity contribution in [2.24, 2.45) is 0 Å². The van der Waals surface area contributed by atoms with E-state index < -0.39 is 0 Å². The number of ether oxygens (including phenoxy) is 1. The van der Waals surface area contributed by atoms with E-state index in [2.05, 4.69) is 13.8 Å². The van der Waals surface area contributed by atoms with Gasteiger partial charge in [-0.05, 0) is 19.4 Å². The lowest BCUT2D eigenvalue weighted by atomic mass is 10.0. The van der Waals surface area contributed by atoms with Gasteiger partial charge in [0.15, 0.2) is 0 Å². The Bertz CT molecular complexity index is 295. The fourth-order valence-electron chi connectivity index (χ4n) is 1.72. The highest BCUT2D eigenvalue weighted by Crippen LogP contribution is 2.37. The quantitative estimate of drug-likeness (QED) is 0.670. The molecular formula is C9H13NOS. The van der Waals surface area contributed by atoms with E-state index in [1.54, 1.807) is 11.3 Å². The molecule has 2 N–H and O–H groups in total. The van der Waals surface area contributed by atoms with Crippen LogP contribution in [0.3, 0.4) is 0 Å². The van der Waals surface area contributed by atoms with Gasteiger partial charge in [0.1, 0.15) is 0 Å². The Kier molecular flexibility index (Phi) is 1.85.